The predicted molar refractivity (Wildman–Crippen MR) is 36.6 cm³/mol. The summed E-state index contributed by atoms with van der Waals surface area (Å²) in [5, 5.41) is 2.77. The molecule has 0 spiro atoms. The van der Waals surface area contributed by atoms with Crippen LogP contribution in [0.1, 0.15) is 13.3 Å². The molecule has 0 fully saturated rings. The minimum Gasteiger partial charge on any atom is -0.615 e. The van der Waals surface area contributed by atoms with Gasteiger partial charge in [0.1, 0.15) is 0 Å². The van der Waals surface area contributed by atoms with Crippen molar-refractivity contribution in [2.45, 2.75) is 18.7 Å². The molecule has 2 nitrogen and oxygen atoms in total. The second kappa shape index (κ2) is 4.18. The molecule has 0 aliphatic heterocycles. The van der Waals surface area contributed by atoms with Crippen LogP contribution in [0.4, 0.5) is 0 Å². The van der Waals surface area contributed by atoms with Gasteiger partial charge in [-0.15, -0.1) is 0 Å². The first-order valence-corrected chi connectivity index (χ1v) is 4.19. The summed E-state index contributed by atoms with van der Waals surface area (Å²) in [4.78, 5) is 0. The van der Waals surface area contributed by atoms with Crippen LogP contribution in [0.25, 0.3) is 0 Å². The summed E-state index contributed by atoms with van der Waals surface area (Å²) in [6, 6.07) is 0. The Kier molecular flexibility index (Phi) is 4.32. The van der Waals surface area contributed by atoms with Crippen molar-refractivity contribution in [2.75, 3.05) is 6.26 Å². The van der Waals surface area contributed by atoms with Gasteiger partial charge in [-0.25, -0.2) is 0 Å². The average Bonchev–Trinajstić information content (AvgIpc) is 1.69. The first-order valence-electron chi connectivity index (χ1n) is 2.57. The maximum absolute atomic E-state index is 10.6. The van der Waals surface area contributed by atoms with Crippen molar-refractivity contribution in [3.8, 4) is 0 Å². The van der Waals surface area contributed by atoms with Gasteiger partial charge in [-0.1, -0.05) is 6.92 Å². The Morgan fingerprint density at radius 3 is 2.38 bits per heavy atom. The molecule has 2 atom stereocenters. The van der Waals surface area contributed by atoms with E-state index in [9.17, 15) is 4.55 Å². The molecule has 1 N–H and O–H groups in total. The lowest BCUT2D eigenvalue weighted by Gasteiger charge is -2.14. The van der Waals surface area contributed by atoms with Crippen LogP contribution >= 0.6 is 0 Å². The smallest absolute Gasteiger partial charge is 0.166 e. The van der Waals surface area contributed by atoms with Gasteiger partial charge < -0.3 is 4.55 Å². The molecule has 0 aliphatic rings. The maximum Gasteiger partial charge on any atom is 0.166 e. The monoisotopic (exact) mass is 134 g/mol. The molecule has 0 saturated heterocycles. The topological polar surface area (TPSA) is 35.1 Å². The van der Waals surface area contributed by atoms with E-state index in [1.807, 2.05) is 6.92 Å². The van der Waals surface area contributed by atoms with E-state index in [0.29, 0.717) is 0 Å². The third-order valence-corrected chi connectivity index (χ3v) is 2.30. The molecule has 0 aromatic rings. The van der Waals surface area contributed by atoms with E-state index in [2.05, 4.69) is 12.4 Å². The average molecular weight is 134 g/mol. The van der Waals surface area contributed by atoms with Gasteiger partial charge in [0, 0.05) is 13.5 Å². The lowest BCUT2D eigenvalue weighted by Crippen LogP contribution is -2.30. The van der Waals surface area contributed by atoms with Gasteiger partial charge in [0.05, 0.1) is 6.26 Å². The van der Waals surface area contributed by atoms with Crippen LogP contribution in [0, 0.1) is 7.05 Å². The summed E-state index contributed by atoms with van der Waals surface area (Å²) in [5.74, 6) is 0. The van der Waals surface area contributed by atoms with Crippen LogP contribution in [0.5, 0.6) is 0 Å². The lowest BCUT2D eigenvalue weighted by molar-refractivity contribution is 0.569. The van der Waals surface area contributed by atoms with Crippen molar-refractivity contribution in [3.63, 3.8) is 0 Å². The summed E-state index contributed by atoms with van der Waals surface area (Å²) in [6.07, 6.45) is 2.54. The quantitative estimate of drug-likeness (QED) is 0.570. The van der Waals surface area contributed by atoms with Crippen molar-refractivity contribution in [1.29, 1.82) is 0 Å². The van der Waals surface area contributed by atoms with Gasteiger partial charge in [-0.3, -0.25) is 5.32 Å². The summed E-state index contributed by atoms with van der Waals surface area (Å²) >= 11 is -0.777. The summed E-state index contributed by atoms with van der Waals surface area (Å²) in [6.45, 7) is 1.98. The SMILES string of the molecule is [CH2]NC(CC)[S+](C)[O-]. The molecular weight excluding hydrogens is 122 g/mol. The molecule has 2 unspecified atom stereocenters. The Balaban J connectivity index is 3.35. The number of rotatable bonds is 3. The van der Waals surface area contributed by atoms with Crippen LogP contribution in [-0.4, -0.2) is 16.2 Å². The fourth-order valence-electron chi connectivity index (χ4n) is 0.496. The van der Waals surface area contributed by atoms with Crippen LogP contribution in [0.15, 0.2) is 0 Å². The third-order valence-electron chi connectivity index (χ3n) is 0.999. The van der Waals surface area contributed by atoms with E-state index in [1.54, 1.807) is 6.26 Å². The van der Waals surface area contributed by atoms with Crippen molar-refractivity contribution in [2.24, 2.45) is 0 Å². The van der Waals surface area contributed by atoms with Gasteiger partial charge in [0.25, 0.3) is 0 Å². The Hall–Kier alpha value is 0.270. The van der Waals surface area contributed by atoms with Crippen molar-refractivity contribution >= 4 is 11.2 Å². The van der Waals surface area contributed by atoms with Gasteiger partial charge in [-0.05, 0) is 11.2 Å². The van der Waals surface area contributed by atoms with Gasteiger partial charge >= 0.3 is 0 Å². The first-order chi connectivity index (χ1) is 3.72. The Labute approximate surface area is 53.8 Å². The van der Waals surface area contributed by atoms with Crippen LogP contribution < -0.4 is 5.32 Å². The largest absolute Gasteiger partial charge is 0.615 e. The molecular formula is C5H12NOS. The molecule has 49 valence electrons. The molecule has 0 aliphatic carbocycles. The zero-order valence-corrected chi connectivity index (χ0v) is 6.12. The number of hydrogen-bond donors (Lipinski definition) is 1. The minimum atomic E-state index is -0.777. The zero-order valence-electron chi connectivity index (χ0n) is 5.31. The van der Waals surface area contributed by atoms with Gasteiger partial charge in [0.15, 0.2) is 5.37 Å². The molecule has 0 saturated carbocycles. The Bertz CT molecular complexity index is 54.4. The molecule has 0 aromatic heterocycles. The molecule has 0 aromatic carbocycles. The summed E-state index contributed by atoms with van der Waals surface area (Å²) in [7, 11) is 3.44. The number of nitrogens with one attached hydrogen (secondary N) is 1. The molecule has 0 rings (SSSR count). The van der Waals surface area contributed by atoms with E-state index < -0.39 is 11.2 Å². The third kappa shape index (κ3) is 2.55. The molecule has 1 radical (unpaired) electrons. The normalized spacial score (nSPS) is 18.0. The molecule has 3 heteroatoms. The maximum atomic E-state index is 10.6. The van der Waals surface area contributed by atoms with Gasteiger partial charge in [0.2, 0.25) is 0 Å². The van der Waals surface area contributed by atoms with Gasteiger partial charge in [-0.2, -0.15) is 0 Å². The zero-order chi connectivity index (χ0) is 6.57. The van der Waals surface area contributed by atoms with E-state index >= 15 is 0 Å². The van der Waals surface area contributed by atoms with E-state index in [4.69, 9.17) is 0 Å². The summed E-state index contributed by atoms with van der Waals surface area (Å²) in [5.41, 5.74) is 0. The molecule has 0 heterocycles. The van der Waals surface area contributed by atoms with E-state index in [1.165, 1.54) is 0 Å². The summed E-state index contributed by atoms with van der Waals surface area (Å²) < 4.78 is 10.6. The minimum absolute atomic E-state index is 0.0648. The number of hydrogen-bond acceptors (Lipinski definition) is 2. The standard InChI is InChI=1S/C5H12NOS/c1-4-5(6-2)8(3)7/h5-6H,2,4H2,1,3H3. The first kappa shape index (κ1) is 8.27. The molecule has 8 heavy (non-hydrogen) atoms. The van der Waals surface area contributed by atoms with Crippen molar-refractivity contribution < 1.29 is 4.55 Å². The van der Waals surface area contributed by atoms with E-state index in [-0.39, 0.29) is 5.37 Å². The second-order valence-electron chi connectivity index (χ2n) is 1.60. The van der Waals surface area contributed by atoms with Crippen LogP contribution in [0.3, 0.4) is 0 Å². The Morgan fingerprint density at radius 2 is 2.38 bits per heavy atom. The highest BCUT2D eigenvalue weighted by molar-refractivity contribution is 7.91. The van der Waals surface area contributed by atoms with Crippen molar-refractivity contribution in [3.05, 3.63) is 7.05 Å². The fraction of sp³-hybridized carbons (Fsp3) is 0.800. The fourth-order valence-corrected chi connectivity index (χ4v) is 1.20. The molecule has 0 amide bonds. The van der Waals surface area contributed by atoms with Crippen LogP contribution in [0.2, 0.25) is 0 Å². The second-order valence-corrected chi connectivity index (χ2v) is 3.17. The van der Waals surface area contributed by atoms with E-state index in [0.717, 1.165) is 6.42 Å². The highest BCUT2D eigenvalue weighted by Gasteiger charge is 2.10. The van der Waals surface area contributed by atoms with Crippen LogP contribution in [-0.2, 0) is 11.2 Å². The highest BCUT2D eigenvalue weighted by atomic mass is 32.2. The highest BCUT2D eigenvalue weighted by Crippen LogP contribution is 1.97. The molecule has 0 bridgehead atoms. The van der Waals surface area contributed by atoms with Crippen molar-refractivity contribution in [1.82, 2.24) is 5.32 Å². The Morgan fingerprint density at radius 1 is 1.88 bits per heavy atom. The predicted octanol–water partition coefficient (Wildman–Crippen LogP) is 0.482. The lowest BCUT2D eigenvalue weighted by atomic mass is 10.5.